The van der Waals surface area contributed by atoms with Crippen LogP contribution in [0.25, 0.3) is 0 Å². The Labute approximate surface area is 119 Å². The molecule has 106 valence electrons. The maximum Gasteiger partial charge on any atom is 0.251 e. The Morgan fingerprint density at radius 3 is 2.50 bits per heavy atom. The number of hydrogen-bond acceptors (Lipinski definition) is 2. The van der Waals surface area contributed by atoms with Crippen LogP contribution in [0, 0.1) is 0 Å². The largest absolute Gasteiger partial charge is 0.344 e. The fourth-order valence-corrected chi connectivity index (χ4v) is 2.03. The first-order chi connectivity index (χ1) is 9.63. The summed E-state index contributed by atoms with van der Waals surface area (Å²) in [6, 6.07) is 9.56. The van der Waals surface area contributed by atoms with Crippen molar-refractivity contribution in [3.8, 4) is 0 Å². The highest BCUT2D eigenvalue weighted by Crippen LogP contribution is 2.11. The molecule has 4 nitrogen and oxygen atoms in total. The second-order valence-electron chi connectivity index (χ2n) is 4.84. The van der Waals surface area contributed by atoms with Crippen molar-refractivity contribution >= 4 is 5.91 Å². The van der Waals surface area contributed by atoms with Gasteiger partial charge in [0.25, 0.3) is 5.91 Å². The number of nitrogens with zero attached hydrogens (tertiary/aromatic N) is 2. The molecule has 0 aliphatic carbocycles. The van der Waals surface area contributed by atoms with E-state index in [0.29, 0.717) is 5.56 Å². The molecule has 0 aliphatic heterocycles. The molecule has 0 saturated heterocycles. The van der Waals surface area contributed by atoms with Crippen LogP contribution in [0.4, 0.5) is 0 Å². The van der Waals surface area contributed by atoms with Crippen molar-refractivity contribution in [2.45, 2.75) is 39.8 Å². The summed E-state index contributed by atoms with van der Waals surface area (Å²) in [5, 5.41) is 7.38. The first kappa shape index (κ1) is 14.3. The van der Waals surface area contributed by atoms with Crippen molar-refractivity contribution in [2.75, 3.05) is 0 Å². The molecule has 1 N–H and O–H groups in total. The number of aromatic nitrogens is 2. The number of benzene rings is 1. The number of hydrogen-bond donors (Lipinski definition) is 1. The molecule has 1 atom stereocenters. The van der Waals surface area contributed by atoms with Crippen LogP contribution in [-0.4, -0.2) is 15.7 Å². The lowest BCUT2D eigenvalue weighted by atomic mass is 10.1. The maximum absolute atomic E-state index is 12.2. The third kappa shape index (κ3) is 3.26. The molecule has 2 rings (SSSR count). The second-order valence-corrected chi connectivity index (χ2v) is 4.84. The average Bonchev–Trinajstić information content (AvgIpc) is 2.96. The van der Waals surface area contributed by atoms with E-state index in [-0.39, 0.29) is 11.9 Å². The molecular formula is C16H21N3O. The summed E-state index contributed by atoms with van der Waals surface area (Å²) < 4.78 is 1.86. The van der Waals surface area contributed by atoms with Gasteiger partial charge < -0.3 is 5.32 Å². The first-order valence-electron chi connectivity index (χ1n) is 7.07. The molecule has 2 aromatic rings. The molecule has 1 aromatic carbocycles. The monoisotopic (exact) mass is 271 g/mol. The van der Waals surface area contributed by atoms with Crippen LogP contribution in [0.5, 0.6) is 0 Å². The van der Waals surface area contributed by atoms with E-state index < -0.39 is 0 Å². The van der Waals surface area contributed by atoms with Gasteiger partial charge in [-0.1, -0.05) is 19.1 Å². The smallest absolute Gasteiger partial charge is 0.251 e. The van der Waals surface area contributed by atoms with Gasteiger partial charge in [0, 0.05) is 18.3 Å². The predicted molar refractivity (Wildman–Crippen MR) is 79.6 cm³/mol. The van der Waals surface area contributed by atoms with Crippen LogP contribution >= 0.6 is 0 Å². The van der Waals surface area contributed by atoms with E-state index in [1.807, 2.05) is 55.1 Å². The Morgan fingerprint density at radius 2 is 1.95 bits per heavy atom. The standard InChI is InChI=1S/C16H21N3O/c1-4-13-6-8-14(9-7-13)16(20)17-12(3)15-10-11-19(5-2)18-15/h6-12H,4-5H2,1-3H3,(H,17,20). The summed E-state index contributed by atoms with van der Waals surface area (Å²) in [6.45, 7) is 6.91. The highest BCUT2D eigenvalue weighted by atomic mass is 16.1. The molecule has 4 heteroatoms. The number of nitrogens with one attached hydrogen (secondary N) is 1. The van der Waals surface area contributed by atoms with Gasteiger partial charge in [-0.25, -0.2) is 0 Å². The van der Waals surface area contributed by atoms with Crippen molar-refractivity contribution in [1.29, 1.82) is 0 Å². The quantitative estimate of drug-likeness (QED) is 0.908. The lowest BCUT2D eigenvalue weighted by molar-refractivity contribution is 0.0939. The van der Waals surface area contributed by atoms with Crippen LogP contribution in [0.2, 0.25) is 0 Å². The van der Waals surface area contributed by atoms with Crippen LogP contribution in [-0.2, 0) is 13.0 Å². The van der Waals surface area contributed by atoms with Gasteiger partial charge >= 0.3 is 0 Å². The van der Waals surface area contributed by atoms with E-state index in [9.17, 15) is 4.79 Å². The van der Waals surface area contributed by atoms with Crippen LogP contribution in [0.1, 0.15) is 48.4 Å². The Balaban J connectivity index is 2.02. The van der Waals surface area contributed by atoms with Gasteiger partial charge in [0.1, 0.15) is 0 Å². The van der Waals surface area contributed by atoms with Crippen molar-refractivity contribution in [2.24, 2.45) is 0 Å². The van der Waals surface area contributed by atoms with Crippen LogP contribution in [0.15, 0.2) is 36.5 Å². The van der Waals surface area contributed by atoms with E-state index in [0.717, 1.165) is 18.7 Å². The van der Waals surface area contributed by atoms with Gasteiger partial charge in [-0.3, -0.25) is 9.48 Å². The molecule has 0 saturated carbocycles. The van der Waals surface area contributed by atoms with Crippen LogP contribution in [0.3, 0.4) is 0 Å². The molecule has 0 radical (unpaired) electrons. The van der Waals surface area contributed by atoms with E-state index in [1.165, 1.54) is 5.56 Å². The van der Waals surface area contributed by atoms with E-state index in [4.69, 9.17) is 0 Å². The lowest BCUT2D eigenvalue weighted by Crippen LogP contribution is -2.27. The zero-order valence-electron chi connectivity index (χ0n) is 12.3. The molecule has 20 heavy (non-hydrogen) atoms. The van der Waals surface area contributed by atoms with Gasteiger partial charge in [-0.2, -0.15) is 5.10 Å². The van der Waals surface area contributed by atoms with E-state index in [1.54, 1.807) is 0 Å². The topological polar surface area (TPSA) is 46.9 Å². The molecule has 1 heterocycles. The number of carbonyl (C=O) groups excluding carboxylic acids is 1. The molecule has 0 aliphatic rings. The zero-order chi connectivity index (χ0) is 14.5. The minimum Gasteiger partial charge on any atom is -0.344 e. The van der Waals surface area contributed by atoms with Gasteiger partial charge in [0.05, 0.1) is 11.7 Å². The molecule has 1 amide bonds. The minimum absolute atomic E-state index is 0.0637. The zero-order valence-corrected chi connectivity index (χ0v) is 12.3. The molecular weight excluding hydrogens is 250 g/mol. The third-order valence-corrected chi connectivity index (χ3v) is 3.40. The summed E-state index contributed by atoms with van der Waals surface area (Å²) in [7, 11) is 0. The molecule has 1 unspecified atom stereocenters. The van der Waals surface area contributed by atoms with Crippen molar-refractivity contribution in [1.82, 2.24) is 15.1 Å². The Bertz CT molecular complexity index is 572. The van der Waals surface area contributed by atoms with Gasteiger partial charge in [0.15, 0.2) is 0 Å². The summed E-state index contributed by atoms with van der Waals surface area (Å²) in [6.07, 6.45) is 2.90. The SMILES string of the molecule is CCc1ccc(C(=O)NC(C)c2ccn(CC)n2)cc1. The van der Waals surface area contributed by atoms with Crippen molar-refractivity contribution in [3.63, 3.8) is 0 Å². The minimum atomic E-state index is -0.0962. The van der Waals surface area contributed by atoms with Gasteiger partial charge in [-0.05, 0) is 44.0 Å². The summed E-state index contributed by atoms with van der Waals surface area (Å²) >= 11 is 0. The Hall–Kier alpha value is -2.10. The highest BCUT2D eigenvalue weighted by Gasteiger charge is 2.13. The normalized spacial score (nSPS) is 12.2. The summed E-state index contributed by atoms with van der Waals surface area (Å²) in [4.78, 5) is 12.2. The van der Waals surface area contributed by atoms with Crippen LogP contribution < -0.4 is 5.32 Å². The second kappa shape index (κ2) is 6.37. The summed E-state index contributed by atoms with van der Waals surface area (Å²) in [5.41, 5.74) is 2.80. The average molecular weight is 271 g/mol. The molecule has 0 bridgehead atoms. The Kier molecular flexibility index (Phi) is 4.56. The van der Waals surface area contributed by atoms with Crippen molar-refractivity contribution in [3.05, 3.63) is 53.3 Å². The van der Waals surface area contributed by atoms with Crippen molar-refractivity contribution < 1.29 is 4.79 Å². The fourth-order valence-electron chi connectivity index (χ4n) is 2.03. The number of aryl methyl sites for hydroxylation is 2. The first-order valence-corrected chi connectivity index (χ1v) is 7.07. The highest BCUT2D eigenvalue weighted by molar-refractivity contribution is 5.94. The predicted octanol–water partition coefficient (Wildman–Crippen LogP) is 2.96. The Morgan fingerprint density at radius 1 is 1.25 bits per heavy atom. The third-order valence-electron chi connectivity index (χ3n) is 3.40. The summed E-state index contributed by atoms with van der Waals surface area (Å²) in [5.74, 6) is -0.0637. The molecule has 0 spiro atoms. The molecule has 1 aromatic heterocycles. The van der Waals surface area contributed by atoms with E-state index >= 15 is 0 Å². The van der Waals surface area contributed by atoms with Gasteiger partial charge in [-0.15, -0.1) is 0 Å². The number of amides is 1. The number of rotatable bonds is 5. The fraction of sp³-hybridized carbons (Fsp3) is 0.375. The van der Waals surface area contributed by atoms with Gasteiger partial charge in [0.2, 0.25) is 0 Å². The number of carbonyl (C=O) groups is 1. The lowest BCUT2D eigenvalue weighted by Gasteiger charge is -2.12. The maximum atomic E-state index is 12.2. The van der Waals surface area contributed by atoms with E-state index in [2.05, 4.69) is 17.3 Å². The molecule has 0 fully saturated rings.